The highest BCUT2D eigenvalue weighted by Crippen LogP contribution is 2.53. The second kappa shape index (κ2) is 5.65. The zero-order valence-corrected chi connectivity index (χ0v) is 16.7. The van der Waals surface area contributed by atoms with E-state index < -0.39 is 0 Å². The second-order valence-electron chi connectivity index (χ2n) is 9.15. The molecule has 2 aliphatic heterocycles. The van der Waals surface area contributed by atoms with E-state index in [9.17, 15) is 9.59 Å². The first-order valence-electron chi connectivity index (χ1n) is 9.06. The van der Waals surface area contributed by atoms with Crippen molar-refractivity contribution in [2.45, 2.75) is 58.5 Å². The maximum atomic E-state index is 13.1. The molecule has 4 nitrogen and oxygen atoms in total. The summed E-state index contributed by atoms with van der Waals surface area (Å²) in [5.74, 6) is -0.135. The lowest BCUT2D eigenvalue weighted by Gasteiger charge is -2.40. The Bertz CT molecular complexity index is 730. The number of likely N-dealkylation sites (tertiary alicyclic amines) is 1. The fraction of sp³-hybridized carbons (Fsp3) is 0.600. The van der Waals surface area contributed by atoms with Crippen LogP contribution in [0, 0.1) is 10.8 Å². The molecule has 0 spiro atoms. The third-order valence-corrected chi connectivity index (χ3v) is 6.59. The summed E-state index contributed by atoms with van der Waals surface area (Å²) in [4.78, 5) is 29.4. The van der Waals surface area contributed by atoms with E-state index >= 15 is 0 Å². The quantitative estimate of drug-likeness (QED) is 0.699. The highest BCUT2D eigenvalue weighted by molar-refractivity contribution is 9.10. The van der Waals surface area contributed by atoms with Gasteiger partial charge in [0, 0.05) is 17.1 Å². The molecule has 3 atom stereocenters. The minimum Gasteiger partial charge on any atom is -0.288 e. The van der Waals surface area contributed by atoms with Gasteiger partial charge in [-0.2, -0.15) is 0 Å². The molecule has 0 N–H and O–H groups in total. The molecule has 1 saturated carbocycles. The average Bonchev–Trinajstić information content (AvgIpc) is 2.92. The summed E-state index contributed by atoms with van der Waals surface area (Å²) in [6.07, 6.45) is 3.76. The second-order valence-corrected chi connectivity index (χ2v) is 10.1. The number of halogens is 1. The van der Waals surface area contributed by atoms with E-state index in [0.29, 0.717) is 23.6 Å². The van der Waals surface area contributed by atoms with Crippen LogP contribution in [-0.4, -0.2) is 35.3 Å². The third kappa shape index (κ3) is 2.95. The molecule has 1 aromatic carbocycles. The summed E-state index contributed by atoms with van der Waals surface area (Å²) < 4.78 is 0.940. The standard InChI is InChI=1S/C20H25BrN2O2/c1-19(2)9-15-10-20(3,11-19)12-22(15)16-8-17(24)23(18(16)25)14-6-4-13(21)5-7-14/h4-7,15-16H,8-12H2,1-3H3/t15-,16-,20+/m0/s1. The predicted molar refractivity (Wildman–Crippen MR) is 101 cm³/mol. The molecule has 1 aromatic rings. The van der Waals surface area contributed by atoms with Gasteiger partial charge in [0.25, 0.3) is 5.91 Å². The molecule has 0 aromatic heterocycles. The number of amides is 2. The molecule has 4 rings (SSSR count). The number of nitrogens with zero attached hydrogens (tertiary/aromatic N) is 2. The van der Waals surface area contributed by atoms with Gasteiger partial charge in [0.15, 0.2) is 0 Å². The van der Waals surface area contributed by atoms with Gasteiger partial charge in [0.2, 0.25) is 5.91 Å². The van der Waals surface area contributed by atoms with Gasteiger partial charge in [0.05, 0.1) is 18.2 Å². The minimum atomic E-state index is -0.295. The van der Waals surface area contributed by atoms with Crippen molar-refractivity contribution >= 4 is 33.4 Å². The molecule has 0 unspecified atom stereocenters. The zero-order valence-electron chi connectivity index (χ0n) is 15.1. The Morgan fingerprint density at radius 3 is 2.44 bits per heavy atom. The van der Waals surface area contributed by atoms with Crippen molar-refractivity contribution in [1.29, 1.82) is 0 Å². The number of anilines is 1. The Morgan fingerprint density at radius 2 is 1.76 bits per heavy atom. The molecule has 3 fully saturated rings. The van der Waals surface area contributed by atoms with Crippen LogP contribution in [0.3, 0.4) is 0 Å². The maximum Gasteiger partial charge on any atom is 0.251 e. The van der Waals surface area contributed by atoms with E-state index in [1.807, 2.05) is 24.3 Å². The van der Waals surface area contributed by atoms with Gasteiger partial charge in [-0.25, -0.2) is 4.90 Å². The predicted octanol–water partition coefficient (Wildman–Crippen LogP) is 3.98. The average molecular weight is 405 g/mol. The molecule has 3 aliphatic rings. The third-order valence-electron chi connectivity index (χ3n) is 6.06. The van der Waals surface area contributed by atoms with Gasteiger partial charge in [-0.1, -0.05) is 36.7 Å². The van der Waals surface area contributed by atoms with Crippen LogP contribution in [0.25, 0.3) is 0 Å². The number of benzene rings is 1. The smallest absolute Gasteiger partial charge is 0.251 e. The van der Waals surface area contributed by atoms with Crippen molar-refractivity contribution < 1.29 is 9.59 Å². The lowest BCUT2D eigenvalue weighted by Crippen LogP contribution is -2.45. The first kappa shape index (κ1) is 17.2. The summed E-state index contributed by atoms with van der Waals surface area (Å²) in [5.41, 5.74) is 1.25. The molecule has 0 radical (unpaired) electrons. The summed E-state index contributed by atoms with van der Waals surface area (Å²) in [6, 6.07) is 7.52. The molecule has 2 bridgehead atoms. The van der Waals surface area contributed by atoms with E-state index in [0.717, 1.165) is 23.9 Å². The molecule has 25 heavy (non-hydrogen) atoms. The highest BCUT2D eigenvalue weighted by Gasteiger charge is 2.54. The lowest BCUT2D eigenvalue weighted by atomic mass is 9.65. The summed E-state index contributed by atoms with van der Waals surface area (Å²) in [6.45, 7) is 7.93. The SMILES string of the molecule is CC1(C)C[C@H]2C[C@@](C)(CN2[C@H]2CC(=O)N(c3ccc(Br)cc3)C2=O)C1. The normalized spacial score (nSPS) is 34.8. The van der Waals surface area contributed by atoms with E-state index in [2.05, 4.69) is 41.6 Å². The highest BCUT2D eigenvalue weighted by atomic mass is 79.9. The minimum absolute atomic E-state index is 0.0544. The van der Waals surface area contributed by atoms with Crippen LogP contribution in [0.2, 0.25) is 0 Å². The van der Waals surface area contributed by atoms with Crippen molar-refractivity contribution in [3.05, 3.63) is 28.7 Å². The van der Waals surface area contributed by atoms with E-state index in [1.54, 1.807) is 0 Å². The van der Waals surface area contributed by atoms with E-state index in [4.69, 9.17) is 0 Å². The van der Waals surface area contributed by atoms with Crippen molar-refractivity contribution in [2.75, 3.05) is 11.4 Å². The number of imide groups is 1. The topological polar surface area (TPSA) is 40.6 Å². The number of carbonyl (C=O) groups excluding carboxylic acids is 2. The first-order valence-corrected chi connectivity index (χ1v) is 9.85. The molecule has 2 saturated heterocycles. The van der Waals surface area contributed by atoms with Gasteiger partial charge >= 0.3 is 0 Å². The molecule has 1 aliphatic carbocycles. The number of fused-ring (bicyclic) bond motifs is 2. The van der Waals surface area contributed by atoms with E-state index in [1.165, 1.54) is 11.3 Å². The van der Waals surface area contributed by atoms with Crippen LogP contribution >= 0.6 is 15.9 Å². The summed E-state index contributed by atoms with van der Waals surface area (Å²) in [5, 5.41) is 0. The Labute approximate surface area is 157 Å². The van der Waals surface area contributed by atoms with Gasteiger partial charge < -0.3 is 0 Å². The number of hydrogen-bond donors (Lipinski definition) is 0. The van der Waals surface area contributed by atoms with Gasteiger partial charge in [-0.15, -0.1) is 0 Å². The van der Waals surface area contributed by atoms with Crippen LogP contribution < -0.4 is 4.90 Å². The molecule has 134 valence electrons. The Hall–Kier alpha value is -1.20. The summed E-state index contributed by atoms with van der Waals surface area (Å²) in [7, 11) is 0. The van der Waals surface area contributed by atoms with Crippen LogP contribution in [0.1, 0.15) is 46.5 Å². The van der Waals surface area contributed by atoms with Crippen LogP contribution in [0.15, 0.2) is 28.7 Å². The molecular formula is C20H25BrN2O2. The number of rotatable bonds is 2. The van der Waals surface area contributed by atoms with E-state index in [-0.39, 0.29) is 23.3 Å². The maximum absolute atomic E-state index is 13.1. The Morgan fingerprint density at radius 1 is 1.08 bits per heavy atom. The molecular weight excluding hydrogens is 380 g/mol. The molecule has 5 heteroatoms. The van der Waals surface area contributed by atoms with Crippen LogP contribution in [0.5, 0.6) is 0 Å². The lowest BCUT2D eigenvalue weighted by molar-refractivity contribution is -0.123. The molecule has 2 heterocycles. The van der Waals surface area contributed by atoms with Crippen molar-refractivity contribution in [2.24, 2.45) is 10.8 Å². The van der Waals surface area contributed by atoms with Crippen molar-refractivity contribution in [1.82, 2.24) is 4.90 Å². The monoisotopic (exact) mass is 404 g/mol. The van der Waals surface area contributed by atoms with Gasteiger partial charge in [0.1, 0.15) is 0 Å². The number of carbonyl (C=O) groups is 2. The van der Waals surface area contributed by atoms with Crippen molar-refractivity contribution in [3.8, 4) is 0 Å². The van der Waals surface area contributed by atoms with Gasteiger partial charge in [-0.05, 0) is 54.4 Å². The fourth-order valence-corrected chi connectivity index (χ4v) is 5.87. The Kier molecular flexibility index (Phi) is 3.89. The first-order chi connectivity index (χ1) is 11.7. The molecule has 2 amide bonds. The summed E-state index contributed by atoms with van der Waals surface area (Å²) >= 11 is 3.40. The largest absolute Gasteiger partial charge is 0.288 e. The fourth-order valence-electron chi connectivity index (χ4n) is 5.60. The zero-order chi connectivity index (χ0) is 18.0. The van der Waals surface area contributed by atoms with Crippen LogP contribution in [0.4, 0.5) is 5.69 Å². The van der Waals surface area contributed by atoms with Crippen molar-refractivity contribution in [3.63, 3.8) is 0 Å². The van der Waals surface area contributed by atoms with Gasteiger partial charge in [-0.3, -0.25) is 14.5 Å². The van der Waals surface area contributed by atoms with Crippen LogP contribution in [-0.2, 0) is 9.59 Å². The number of hydrogen-bond acceptors (Lipinski definition) is 3. The Balaban J connectivity index is 1.59.